The Morgan fingerprint density at radius 3 is 2.32 bits per heavy atom. The number of benzene rings is 2. The lowest BCUT2D eigenvalue weighted by molar-refractivity contribution is -0.116. The average Bonchev–Trinajstić information content (AvgIpc) is 2.63. The van der Waals surface area contributed by atoms with Crippen molar-refractivity contribution in [1.29, 1.82) is 0 Å². The summed E-state index contributed by atoms with van der Waals surface area (Å²) in [5.41, 5.74) is 1.34. The van der Waals surface area contributed by atoms with Crippen molar-refractivity contribution in [3.05, 3.63) is 41.4 Å². The van der Waals surface area contributed by atoms with Gasteiger partial charge in [-0.05, 0) is 12.1 Å². The zero-order valence-corrected chi connectivity index (χ0v) is 15.1. The summed E-state index contributed by atoms with van der Waals surface area (Å²) in [6.07, 6.45) is 0.270. The van der Waals surface area contributed by atoms with Crippen LogP contribution in [0.4, 0.5) is 11.4 Å². The molecule has 0 aliphatic rings. The van der Waals surface area contributed by atoms with Gasteiger partial charge in [0.05, 0.1) is 37.7 Å². The van der Waals surface area contributed by atoms with Crippen LogP contribution in [-0.4, -0.2) is 33.8 Å². The van der Waals surface area contributed by atoms with Crippen LogP contribution >= 0.6 is 11.6 Å². The molecule has 0 saturated heterocycles. The number of rotatable bonds is 8. The lowest BCUT2D eigenvalue weighted by Gasteiger charge is -2.14. The fourth-order valence-corrected chi connectivity index (χ4v) is 2.50. The summed E-state index contributed by atoms with van der Waals surface area (Å²) >= 11 is 6.06. The van der Waals surface area contributed by atoms with Gasteiger partial charge >= 0.3 is 0 Å². The molecule has 2 rings (SSSR count). The summed E-state index contributed by atoms with van der Waals surface area (Å²) in [5.74, 6) is 1.50. The van der Waals surface area contributed by atoms with E-state index in [2.05, 4.69) is 10.6 Å². The predicted octanol–water partition coefficient (Wildman–Crippen LogP) is 3.81. The number of nitrogens with one attached hydrogen (secondary N) is 2. The Balaban J connectivity index is 1.96. The van der Waals surface area contributed by atoms with Gasteiger partial charge in [0.25, 0.3) is 0 Å². The first-order chi connectivity index (χ1) is 12.1. The van der Waals surface area contributed by atoms with Gasteiger partial charge in [-0.25, -0.2) is 0 Å². The van der Waals surface area contributed by atoms with E-state index in [4.69, 9.17) is 25.8 Å². The van der Waals surface area contributed by atoms with Gasteiger partial charge in [0.1, 0.15) is 17.2 Å². The first-order valence-electron chi connectivity index (χ1n) is 7.67. The molecule has 0 aliphatic heterocycles. The van der Waals surface area contributed by atoms with Gasteiger partial charge in [0.15, 0.2) is 0 Å². The van der Waals surface area contributed by atoms with Crippen LogP contribution in [0.5, 0.6) is 17.2 Å². The Labute approximate surface area is 152 Å². The molecule has 7 heteroatoms. The second kappa shape index (κ2) is 9.03. The van der Waals surface area contributed by atoms with Crippen LogP contribution < -0.4 is 24.8 Å². The van der Waals surface area contributed by atoms with Crippen LogP contribution in [0.15, 0.2) is 36.4 Å². The molecule has 0 radical (unpaired) electrons. The molecule has 0 heterocycles. The molecular weight excluding hydrogens is 344 g/mol. The maximum absolute atomic E-state index is 12.2. The predicted molar refractivity (Wildman–Crippen MR) is 99.3 cm³/mol. The normalized spacial score (nSPS) is 10.1. The standard InChI is InChI=1S/C18H21ClN2O4/c1-23-15-7-5-4-6-13(15)20-9-8-18(22)21-14-11-16(24-2)12(19)10-17(14)25-3/h4-7,10-11,20H,8-9H2,1-3H3,(H,21,22). The second-order valence-electron chi connectivity index (χ2n) is 5.11. The van der Waals surface area contributed by atoms with Crippen molar-refractivity contribution in [1.82, 2.24) is 0 Å². The number of halogens is 1. The molecule has 0 saturated carbocycles. The smallest absolute Gasteiger partial charge is 0.226 e. The Morgan fingerprint density at radius 1 is 0.960 bits per heavy atom. The molecular formula is C18H21ClN2O4. The minimum Gasteiger partial charge on any atom is -0.495 e. The molecule has 0 unspecified atom stereocenters. The number of hydrogen-bond donors (Lipinski definition) is 2. The molecule has 0 aromatic heterocycles. The number of ether oxygens (including phenoxy) is 3. The molecule has 1 amide bonds. The van der Waals surface area contributed by atoms with Crippen molar-refractivity contribution >= 4 is 28.9 Å². The maximum atomic E-state index is 12.2. The van der Waals surface area contributed by atoms with Crippen LogP contribution in [0.3, 0.4) is 0 Å². The van der Waals surface area contributed by atoms with Gasteiger partial charge in [-0.1, -0.05) is 23.7 Å². The minimum absolute atomic E-state index is 0.162. The van der Waals surface area contributed by atoms with Crippen molar-refractivity contribution in [2.45, 2.75) is 6.42 Å². The van der Waals surface area contributed by atoms with Gasteiger partial charge in [-0.3, -0.25) is 4.79 Å². The summed E-state index contributed by atoms with van der Waals surface area (Å²) in [6.45, 7) is 0.458. The van der Waals surface area contributed by atoms with Gasteiger partial charge in [-0.2, -0.15) is 0 Å². The number of carbonyl (C=O) groups excluding carboxylic acids is 1. The molecule has 2 N–H and O–H groups in total. The Hall–Kier alpha value is -2.60. The molecule has 0 spiro atoms. The van der Waals surface area contributed by atoms with E-state index in [0.717, 1.165) is 11.4 Å². The Kier molecular flexibility index (Phi) is 6.77. The van der Waals surface area contributed by atoms with Crippen LogP contribution in [-0.2, 0) is 4.79 Å². The van der Waals surface area contributed by atoms with Crippen LogP contribution in [0.1, 0.15) is 6.42 Å². The van der Waals surface area contributed by atoms with E-state index in [-0.39, 0.29) is 12.3 Å². The minimum atomic E-state index is -0.162. The molecule has 134 valence electrons. The van der Waals surface area contributed by atoms with E-state index in [1.165, 1.54) is 14.2 Å². The van der Waals surface area contributed by atoms with Gasteiger partial charge < -0.3 is 24.8 Å². The molecule has 2 aromatic rings. The lowest BCUT2D eigenvalue weighted by Crippen LogP contribution is -2.17. The molecule has 0 atom stereocenters. The number of anilines is 2. The SMILES string of the molecule is COc1cc(NC(=O)CCNc2ccccc2OC)c(OC)cc1Cl. The fraction of sp³-hybridized carbons (Fsp3) is 0.278. The topological polar surface area (TPSA) is 68.8 Å². The largest absolute Gasteiger partial charge is 0.495 e. The molecule has 0 fully saturated rings. The van der Waals surface area contributed by atoms with Crippen molar-refractivity contribution in [2.24, 2.45) is 0 Å². The van der Waals surface area contributed by atoms with Crippen LogP contribution in [0, 0.1) is 0 Å². The zero-order chi connectivity index (χ0) is 18.2. The molecule has 25 heavy (non-hydrogen) atoms. The van der Waals surface area contributed by atoms with Crippen molar-refractivity contribution < 1.29 is 19.0 Å². The number of para-hydroxylation sites is 2. The molecule has 0 aliphatic carbocycles. The highest BCUT2D eigenvalue weighted by Crippen LogP contribution is 2.35. The lowest BCUT2D eigenvalue weighted by atomic mass is 10.2. The monoisotopic (exact) mass is 364 g/mol. The van der Waals surface area contributed by atoms with Crippen LogP contribution in [0.2, 0.25) is 5.02 Å². The summed E-state index contributed by atoms with van der Waals surface area (Å²) in [7, 11) is 4.63. The highest BCUT2D eigenvalue weighted by Gasteiger charge is 2.12. The summed E-state index contributed by atoms with van der Waals surface area (Å²) in [5, 5.41) is 6.39. The van der Waals surface area contributed by atoms with E-state index >= 15 is 0 Å². The maximum Gasteiger partial charge on any atom is 0.226 e. The summed E-state index contributed by atoms with van der Waals surface area (Å²) in [4.78, 5) is 12.2. The van der Waals surface area contributed by atoms with Crippen LogP contribution in [0.25, 0.3) is 0 Å². The Morgan fingerprint density at radius 2 is 1.64 bits per heavy atom. The van der Waals surface area contributed by atoms with Gasteiger partial charge in [-0.15, -0.1) is 0 Å². The van der Waals surface area contributed by atoms with E-state index in [1.54, 1.807) is 19.2 Å². The van der Waals surface area contributed by atoms with E-state index in [1.807, 2.05) is 24.3 Å². The average molecular weight is 365 g/mol. The molecule has 0 bridgehead atoms. The highest BCUT2D eigenvalue weighted by atomic mass is 35.5. The third-order valence-electron chi connectivity index (χ3n) is 3.52. The zero-order valence-electron chi connectivity index (χ0n) is 14.4. The highest BCUT2D eigenvalue weighted by molar-refractivity contribution is 6.32. The number of amides is 1. The molecule has 6 nitrogen and oxygen atoms in total. The van der Waals surface area contributed by atoms with Crippen molar-refractivity contribution in [3.8, 4) is 17.2 Å². The fourth-order valence-electron chi connectivity index (χ4n) is 2.27. The van der Waals surface area contributed by atoms with Crippen molar-refractivity contribution in [2.75, 3.05) is 38.5 Å². The van der Waals surface area contributed by atoms with E-state index in [0.29, 0.717) is 28.8 Å². The quantitative estimate of drug-likeness (QED) is 0.745. The van der Waals surface area contributed by atoms with E-state index in [9.17, 15) is 4.79 Å². The van der Waals surface area contributed by atoms with E-state index < -0.39 is 0 Å². The number of carbonyl (C=O) groups is 1. The number of hydrogen-bond acceptors (Lipinski definition) is 5. The Bertz CT molecular complexity index is 737. The third-order valence-corrected chi connectivity index (χ3v) is 3.82. The van der Waals surface area contributed by atoms with Gasteiger partial charge in [0.2, 0.25) is 5.91 Å². The first kappa shape index (κ1) is 18.7. The second-order valence-corrected chi connectivity index (χ2v) is 5.52. The van der Waals surface area contributed by atoms with Crippen molar-refractivity contribution in [3.63, 3.8) is 0 Å². The number of methoxy groups -OCH3 is 3. The summed E-state index contributed by atoms with van der Waals surface area (Å²) < 4.78 is 15.7. The first-order valence-corrected chi connectivity index (χ1v) is 8.05. The van der Waals surface area contributed by atoms with Gasteiger partial charge in [0, 0.05) is 25.1 Å². The molecule has 2 aromatic carbocycles. The summed E-state index contributed by atoms with van der Waals surface area (Å²) in [6, 6.07) is 10.8. The third kappa shape index (κ3) is 4.93.